The summed E-state index contributed by atoms with van der Waals surface area (Å²) >= 11 is 0. The molecule has 2 aliphatic heterocycles. The molecule has 0 radical (unpaired) electrons. The van der Waals surface area contributed by atoms with Crippen molar-refractivity contribution in [2.24, 2.45) is 5.92 Å². The van der Waals surface area contributed by atoms with Crippen LogP contribution in [-0.2, 0) is 12.7 Å². The van der Waals surface area contributed by atoms with Crippen LogP contribution in [-0.4, -0.2) is 45.9 Å². The predicted octanol–water partition coefficient (Wildman–Crippen LogP) is 4.24. The number of alkyl halides is 3. The van der Waals surface area contributed by atoms with Crippen LogP contribution < -0.4 is 5.56 Å². The SMILES string of the molecule is Cc1c(C(F)(F)F)c(=O)[nH]c2cc(CN3CCC(C4=CN(C)CC=C4)CC3C)cnc12. The first kappa shape index (κ1) is 21.6. The zero-order chi connectivity index (χ0) is 22.3. The van der Waals surface area contributed by atoms with Gasteiger partial charge in [-0.3, -0.25) is 14.7 Å². The number of rotatable bonds is 3. The van der Waals surface area contributed by atoms with Gasteiger partial charge in [-0.05, 0) is 61.9 Å². The molecule has 5 nitrogen and oxygen atoms in total. The first-order valence-corrected chi connectivity index (χ1v) is 10.5. The van der Waals surface area contributed by atoms with Crippen LogP contribution in [0, 0.1) is 12.8 Å². The molecule has 1 N–H and O–H groups in total. The molecule has 8 heteroatoms. The van der Waals surface area contributed by atoms with Crippen LogP contribution in [0.5, 0.6) is 0 Å². The molecule has 4 rings (SSSR count). The van der Waals surface area contributed by atoms with E-state index in [4.69, 9.17) is 0 Å². The summed E-state index contributed by atoms with van der Waals surface area (Å²) in [7, 11) is 2.08. The van der Waals surface area contributed by atoms with Crippen LogP contribution >= 0.6 is 0 Å². The second kappa shape index (κ2) is 8.15. The quantitative estimate of drug-likeness (QED) is 0.789. The van der Waals surface area contributed by atoms with Crippen LogP contribution in [0.3, 0.4) is 0 Å². The molecule has 1 fully saturated rings. The molecule has 0 amide bonds. The van der Waals surface area contributed by atoms with Gasteiger partial charge in [0.1, 0.15) is 5.56 Å². The highest BCUT2D eigenvalue weighted by Crippen LogP contribution is 2.33. The molecule has 0 aromatic carbocycles. The summed E-state index contributed by atoms with van der Waals surface area (Å²) < 4.78 is 39.6. The van der Waals surface area contributed by atoms with E-state index in [1.165, 1.54) is 12.5 Å². The Kier molecular flexibility index (Phi) is 5.68. The van der Waals surface area contributed by atoms with E-state index in [1.54, 1.807) is 12.3 Å². The van der Waals surface area contributed by atoms with Crippen molar-refractivity contribution in [2.45, 2.75) is 45.5 Å². The molecule has 4 heterocycles. The number of aromatic amines is 1. The molecule has 0 aliphatic carbocycles. The van der Waals surface area contributed by atoms with E-state index >= 15 is 0 Å². The Labute approximate surface area is 179 Å². The maximum Gasteiger partial charge on any atom is 0.422 e. The second-order valence-electron chi connectivity index (χ2n) is 8.70. The van der Waals surface area contributed by atoms with Gasteiger partial charge in [-0.1, -0.05) is 12.2 Å². The molecule has 0 saturated carbocycles. The summed E-state index contributed by atoms with van der Waals surface area (Å²) in [4.78, 5) is 23.2. The van der Waals surface area contributed by atoms with E-state index < -0.39 is 17.3 Å². The number of nitrogens with one attached hydrogen (secondary N) is 1. The second-order valence-corrected chi connectivity index (χ2v) is 8.70. The van der Waals surface area contributed by atoms with E-state index in [2.05, 4.69) is 52.1 Å². The predicted molar refractivity (Wildman–Crippen MR) is 115 cm³/mol. The lowest BCUT2D eigenvalue weighted by molar-refractivity contribution is -0.139. The smallest absolute Gasteiger partial charge is 0.376 e. The van der Waals surface area contributed by atoms with Crippen LogP contribution in [0.25, 0.3) is 11.0 Å². The lowest BCUT2D eigenvalue weighted by atomic mass is 9.85. The van der Waals surface area contributed by atoms with Gasteiger partial charge in [-0.15, -0.1) is 0 Å². The minimum atomic E-state index is -4.70. The van der Waals surface area contributed by atoms with Crippen molar-refractivity contribution in [3.63, 3.8) is 0 Å². The summed E-state index contributed by atoms with van der Waals surface area (Å²) in [5.74, 6) is 0.528. The molecule has 166 valence electrons. The average Bonchev–Trinajstić information content (AvgIpc) is 2.68. The van der Waals surface area contributed by atoms with Gasteiger partial charge >= 0.3 is 6.18 Å². The minimum Gasteiger partial charge on any atom is -0.376 e. The van der Waals surface area contributed by atoms with Gasteiger partial charge < -0.3 is 9.88 Å². The maximum atomic E-state index is 13.2. The highest BCUT2D eigenvalue weighted by molar-refractivity contribution is 5.79. The van der Waals surface area contributed by atoms with Gasteiger partial charge in [0.15, 0.2) is 0 Å². The van der Waals surface area contributed by atoms with E-state index in [9.17, 15) is 18.0 Å². The summed E-state index contributed by atoms with van der Waals surface area (Å²) in [5, 5.41) is 0. The Balaban J connectivity index is 1.52. The average molecular weight is 432 g/mol. The van der Waals surface area contributed by atoms with Gasteiger partial charge in [0.2, 0.25) is 0 Å². The number of allylic oxidation sites excluding steroid dienone is 2. The van der Waals surface area contributed by atoms with Crippen molar-refractivity contribution in [2.75, 3.05) is 20.1 Å². The van der Waals surface area contributed by atoms with Gasteiger partial charge in [-0.25, -0.2) is 0 Å². The summed E-state index contributed by atoms with van der Waals surface area (Å²) in [6.07, 6.45) is 5.68. The van der Waals surface area contributed by atoms with Crippen molar-refractivity contribution < 1.29 is 13.2 Å². The fourth-order valence-electron chi connectivity index (χ4n) is 4.74. The fraction of sp³-hybridized carbons (Fsp3) is 0.478. The van der Waals surface area contributed by atoms with Crippen LogP contribution in [0.1, 0.15) is 36.5 Å². The number of likely N-dealkylation sites (tertiary alicyclic amines) is 1. The Morgan fingerprint density at radius 2 is 2.10 bits per heavy atom. The number of aryl methyl sites for hydroxylation is 1. The van der Waals surface area contributed by atoms with Gasteiger partial charge in [0, 0.05) is 38.6 Å². The number of likely N-dealkylation sites (N-methyl/N-ethyl adjacent to an activating group) is 1. The normalized spacial score (nSPS) is 22.8. The van der Waals surface area contributed by atoms with Crippen molar-refractivity contribution in [1.82, 2.24) is 19.8 Å². The molecular formula is C23H27F3N4O. The molecule has 2 unspecified atom stereocenters. The molecule has 2 aromatic heterocycles. The number of aromatic nitrogens is 2. The third-order valence-corrected chi connectivity index (χ3v) is 6.38. The van der Waals surface area contributed by atoms with Gasteiger partial charge in [-0.2, -0.15) is 13.2 Å². The highest BCUT2D eigenvalue weighted by Gasteiger charge is 2.37. The van der Waals surface area contributed by atoms with Crippen LogP contribution in [0.2, 0.25) is 0 Å². The number of piperidine rings is 1. The Bertz CT molecular complexity index is 1100. The molecule has 2 atom stereocenters. The Morgan fingerprint density at radius 1 is 1.32 bits per heavy atom. The van der Waals surface area contributed by atoms with Crippen LogP contribution in [0.15, 0.2) is 41.0 Å². The molecular weight excluding hydrogens is 405 g/mol. The third kappa shape index (κ3) is 4.39. The summed E-state index contributed by atoms with van der Waals surface area (Å²) in [6, 6.07) is 2.11. The number of hydrogen-bond donors (Lipinski definition) is 1. The molecule has 31 heavy (non-hydrogen) atoms. The molecule has 0 bridgehead atoms. The van der Waals surface area contributed by atoms with Gasteiger partial charge in [0.25, 0.3) is 5.56 Å². The van der Waals surface area contributed by atoms with Crippen molar-refractivity contribution in [3.05, 3.63) is 63.2 Å². The first-order valence-electron chi connectivity index (χ1n) is 10.5. The standard InChI is InChI=1S/C23H27F3N4O/c1-14-9-17(18-5-4-7-29(3)13-18)6-8-30(14)12-16-10-19-21(27-11-16)15(2)20(22(31)28-19)23(24,25)26/h4-5,10-11,13-14,17H,6-9,12H2,1-3H3,(H,28,31). The lowest BCUT2D eigenvalue weighted by Gasteiger charge is -2.39. The van der Waals surface area contributed by atoms with E-state index in [0.717, 1.165) is 31.5 Å². The number of nitrogens with zero attached hydrogens (tertiary/aromatic N) is 3. The zero-order valence-corrected chi connectivity index (χ0v) is 18.0. The van der Waals surface area contributed by atoms with Crippen molar-refractivity contribution in [3.8, 4) is 0 Å². The minimum absolute atomic E-state index is 0.134. The summed E-state index contributed by atoms with van der Waals surface area (Å²) in [5.41, 5.74) is 0.353. The molecule has 0 spiro atoms. The van der Waals surface area contributed by atoms with E-state index in [-0.39, 0.29) is 11.1 Å². The first-order chi connectivity index (χ1) is 14.6. The monoisotopic (exact) mass is 432 g/mol. The Morgan fingerprint density at radius 3 is 2.77 bits per heavy atom. The lowest BCUT2D eigenvalue weighted by Crippen LogP contribution is -2.40. The number of fused-ring (bicyclic) bond motifs is 1. The topological polar surface area (TPSA) is 52.2 Å². The zero-order valence-electron chi connectivity index (χ0n) is 18.0. The number of hydrogen-bond acceptors (Lipinski definition) is 4. The number of halogens is 3. The molecule has 1 saturated heterocycles. The number of H-pyrrole nitrogens is 1. The van der Waals surface area contributed by atoms with Crippen LogP contribution in [0.4, 0.5) is 13.2 Å². The Hall–Kier alpha value is -2.61. The van der Waals surface area contributed by atoms with Crippen molar-refractivity contribution >= 4 is 11.0 Å². The largest absolute Gasteiger partial charge is 0.422 e. The maximum absolute atomic E-state index is 13.2. The van der Waals surface area contributed by atoms with E-state index in [1.807, 2.05) is 0 Å². The van der Waals surface area contributed by atoms with Gasteiger partial charge in [0.05, 0.1) is 11.0 Å². The van der Waals surface area contributed by atoms with Crippen molar-refractivity contribution in [1.29, 1.82) is 0 Å². The molecule has 2 aromatic rings. The fourth-order valence-corrected chi connectivity index (χ4v) is 4.74. The number of pyridine rings is 2. The third-order valence-electron chi connectivity index (χ3n) is 6.38. The molecule has 2 aliphatic rings. The summed E-state index contributed by atoms with van der Waals surface area (Å²) in [6.45, 7) is 6.03. The van der Waals surface area contributed by atoms with E-state index in [0.29, 0.717) is 24.0 Å². The highest BCUT2D eigenvalue weighted by atomic mass is 19.4.